The second-order valence-corrected chi connectivity index (χ2v) is 5.36. The zero-order chi connectivity index (χ0) is 15.0. The fraction of sp³-hybridized carbons (Fsp3) is 0.375. The minimum Gasteiger partial charge on any atom is -0.493 e. The molecule has 110 valence electrons. The summed E-state index contributed by atoms with van der Waals surface area (Å²) in [5.41, 5.74) is 1.75. The number of amides is 1. The first-order valence-electron chi connectivity index (χ1n) is 7.03. The number of oxazole rings is 1. The summed E-state index contributed by atoms with van der Waals surface area (Å²) in [5, 5.41) is 2.98. The Labute approximate surface area is 123 Å². The summed E-state index contributed by atoms with van der Waals surface area (Å²) < 4.78 is 11.0. The summed E-state index contributed by atoms with van der Waals surface area (Å²) in [7, 11) is 0. The van der Waals surface area contributed by atoms with Gasteiger partial charge < -0.3 is 14.5 Å². The molecular weight excluding hydrogens is 268 g/mol. The number of para-hydroxylation sites is 1. The number of aryl methyl sites for hydroxylation is 2. The van der Waals surface area contributed by atoms with Gasteiger partial charge in [0.2, 0.25) is 5.76 Å². The fourth-order valence-corrected chi connectivity index (χ4v) is 2.72. The molecule has 0 fully saturated rings. The number of ether oxygens (including phenoxy) is 1. The predicted octanol–water partition coefficient (Wildman–Crippen LogP) is 2.59. The Morgan fingerprint density at radius 1 is 1.38 bits per heavy atom. The van der Waals surface area contributed by atoms with E-state index in [9.17, 15) is 4.79 Å². The van der Waals surface area contributed by atoms with Gasteiger partial charge in [-0.1, -0.05) is 18.2 Å². The quantitative estimate of drug-likeness (QED) is 0.942. The smallest absolute Gasteiger partial charge is 0.289 e. The Balaban J connectivity index is 1.74. The van der Waals surface area contributed by atoms with E-state index in [0.717, 1.165) is 11.3 Å². The third-order valence-corrected chi connectivity index (χ3v) is 3.81. The van der Waals surface area contributed by atoms with Crippen LogP contribution < -0.4 is 10.1 Å². The second-order valence-electron chi connectivity index (χ2n) is 5.36. The molecule has 5 heteroatoms. The van der Waals surface area contributed by atoms with Gasteiger partial charge in [0.15, 0.2) is 5.89 Å². The standard InChI is InChI=1S/C16H18N2O3/c1-9(13-8-20-14-7-5-4-6-12(13)14)18-16(19)15-10(2)17-11(3)21-15/h4-7,9,13H,8H2,1-3H3,(H,18,19)/t9-,13-/m0/s1. The highest BCUT2D eigenvalue weighted by Gasteiger charge is 2.30. The van der Waals surface area contributed by atoms with Crippen LogP contribution >= 0.6 is 0 Å². The van der Waals surface area contributed by atoms with Crippen molar-refractivity contribution in [3.05, 3.63) is 47.2 Å². The fourth-order valence-electron chi connectivity index (χ4n) is 2.72. The van der Waals surface area contributed by atoms with Crippen LogP contribution in [0, 0.1) is 13.8 Å². The Bertz CT molecular complexity index is 678. The average molecular weight is 286 g/mol. The summed E-state index contributed by atoms with van der Waals surface area (Å²) >= 11 is 0. The Kier molecular flexibility index (Phi) is 3.41. The van der Waals surface area contributed by atoms with Crippen molar-refractivity contribution in [3.8, 4) is 5.75 Å². The monoisotopic (exact) mass is 286 g/mol. The van der Waals surface area contributed by atoms with Crippen LogP contribution in [-0.2, 0) is 0 Å². The molecule has 3 rings (SSSR count). The van der Waals surface area contributed by atoms with Crippen LogP contribution in [0.2, 0.25) is 0 Å². The lowest BCUT2D eigenvalue weighted by Crippen LogP contribution is -2.37. The molecule has 1 amide bonds. The number of aromatic nitrogens is 1. The first-order valence-corrected chi connectivity index (χ1v) is 7.03. The molecule has 1 N–H and O–H groups in total. The maximum Gasteiger partial charge on any atom is 0.289 e. The van der Waals surface area contributed by atoms with Gasteiger partial charge in [0.1, 0.15) is 5.75 Å². The lowest BCUT2D eigenvalue weighted by molar-refractivity contribution is 0.0902. The summed E-state index contributed by atoms with van der Waals surface area (Å²) in [6.07, 6.45) is 0. The number of carbonyl (C=O) groups excluding carboxylic acids is 1. The lowest BCUT2D eigenvalue weighted by atomic mass is 9.94. The second kappa shape index (κ2) is 5.24. The molecule has 0 aliphatic carbocycles. The van der Waals surface area contributed by atoms with E-state index in [-0.39, 0.29) is 23.6 Å². The number of hydrogen-bond donors (Lipinski definition) is 1. The van der Waals surface area contributed by atoms with E-state index in [1.54, 1.807) is 13.8 Å². The van der Waals surface area contributed by atoms with Crippen LogP contribution in [-0.4, -0.2) is 23.5 Å². The minimum atomic E-state index is -0.231. The topological polar surface area (TPSA) is 64.4 Å². The zero-order valence-corrected chi connectivity index (χ0v) is 12.3. The largest absolute Gasteiger partial charge is 0.493 e. The van der Waals surface area contributed by atoms with E-state index in [4.69, 9.17) is 9.15 Å². The molecule has 2 aromatic rings. The van der Waals surface area contributed by atoms with E-state index >= 15 is 0 Å². The van der Waals surface area contributed by atoms with Crippen molar-refractivity contribution in [2.45, 2.75) is 32.7 Å². The molecule has 0 bridgehead atoms. The SMILES string of the molecule is Cc1nc(C)c(C(=O)N[C@@H](C)[C@@H]2COc3ccccc32)o1. The number of hydrogen-bond acceptors (Lipinski definition) is 4. The number of nitrogens with zero attached hydrogens (tertiary/aromatic N) is 1. The summed E-state index contributed by atoms with van der Waals surface area (Å²) in [5.74, 6) is 1.60. The number of fused-ring (bicyclic) bond motifs is 1. The highest BCUT2D eigenvalue weighted by molar-refractivity contribution is 5.92. The first-order chi connectivity index (χ1) is 10.1. The third kappa shape index (κ3) is 2.51. The lowest BCUT2D eigenvalue weighted by Gasteiger charge is -2.19. The summed E-state index contributed by atoms with van der Waals surface area (Å²) in [4.78, 5) is 16.4. The summed E-state index contributed by atoms with van der Waals surface area (Å²) in [6.45, 7) is 6.06. The van der Waals surface area contributed by atoms with Crippen molar-refractivity contribution in [1.29, 1.82) is 0 Å². The van der Waals surface area contributed by atoms with Gasteiger partial charge in [-0.15, -0.1) is 0 Å². The number of benzene rings is 1. The van der Waals surface area contributed by atoms with Crippen LogP contribution in [0.15, 0.2) is 28.7 Å². The van der Waals surface area contributed by atoms with Gasteiger partial charge in [-0.25, -0.2) is 4.98 Å². The van der Waals surface area contributed by atoms with Crippen LogP contribution in [0.4, 0.5) is 0 Å². The molecule has 1 aromatic heterocycles. The molecule has 2 atom stereocenters. The normalized spacial score (nSPS) is 18.0. The van der Waals surface area contributed by atoms with Crippen molar-refractivity contribution >= 4 is 5.91 Å². The minimum absolute atomic E-state index is 0.0500. The molecule has 1 aliphatic heterocycles. The Morgan fingerprint density at radius 3 is 2.86 bits per heavy atom. The molecule has 0 saturated heterocycles. The van der Waals surface area contributed by atoms with Gasteiger partial charge in [-0.05, 0) is 19.9 Å². The van der Waals surface area contributed by atoms with Gasteiger partial charge in [0, 0.05) is 24.4 Å². The molecule has 21 heavy (non-hydrogen) atoms. The molecule has 1 aliphatic rings. The van der Waals surface area contributed by atoms with E-state index in [0.29, 0.717) is 18.2 Å². The van der Waals surface area contributed by atoms with Crippen molar-refractivity contribution in [1.82, 2.24) is 10.3 Å². The zero-order valence-electron chi connectivity index (χ0n) is 12.3. The van der Waals surface area contributed by atoms with Crippen LogP contribution in [0.1, 0.15) is 40.5 Å². The first kappa shape index (κ1) is 13.7. The maximum atomic E-state index is 12.3. The van der Waals surface area contributed by atoms with Crippen LogP contribution in [0.25, 0.3) is 0 Å². The molecule has 0 radical (unpaired) electrons. The van der Waals surface area contributed by atoms with Gasteiger partial charge in [-0.2, -0.15) is 0 Å². The Morgan fingerprint density at radius 2 is 2.14 bits per heavy atom. The van der Waals surface area contributed by atoms with Crippen molar-refractivity contribution in [2.24, 2.45) is 0 Å². The third-order valence-electron chi connectivity index (χ3n) is 3.81. The molecule has 1 aromatic carbocycles. The van der Waals surface area contributed by atoms with Crippen LogP contribution in [0.3, 0.4) is 0 Å². The maximum absolute atomic E-state index is 12.3. The summed E-state index contributed by atoms with van der Waals surface area (Å²) in [6, 6.07) is 7.88. The molecular formula is C16H18N2O3. The van der Waals surface area contributed by atoms with E-state index in [1.807, 2.05) is 31.2 Å². The van der Waals surface area contributed by atoms with Gasteiger partial charge >= 0.3 is 0 Å². The Hall–Kier alpha value is -2.30. The molecule has 5 nitrogen and oxygen atoms in total. The predicted molar refractivity (Wildman–Crippen MR) is 77.6 cm³/mol. The van der Waals surface area contributed by atoms with Crippen molar-refractivity contribution in [2.75, 3.05) is 6.61 Å². The van der Waals surface area contributed by atoms with E-state index in [2.05, 4.69) is 10.3 Å². The molecule has 0 saturated carbocycles. The van der Waals surface area contributed by atoms with Gasteiger partial charge in [0.25, 0.3) is 5.91 Å². The molecule has 0 unspecified atom stereocenters. The van der Waals surface area contributed by atoms with E-state index < -0.39 is 0 Å². The number of rotatable bonds is 3. The highest BCUT2D eigenvalue weighted by Crippen LogP contribution is 2.35. The van der Waals surface area contributed by atoms with Crippen molar-refractivity contribution in [3.63, 3.8) is 0 Å². The van der Waals surface area contributed by atoms with Crippen LogP contribution in [0.5, 0.6) is 5.75 Å². The van der Waals surface area contributed by atoms with Crippen molar-refractivity contribution < 1.29 is 13.9 Å². The average Bonchev–Trinajstić information content (AvgIpc) is 3.01. The molecule has 0 spiro atoms. The number of nitrogens with one attached hydrogen (secondary N) is 1. The van der Waals surface area contributed by atoms with Gasteiger partial charge in [0.05, 0.1) is 12.3 Å². The number of carbonyl (C=O) groups is 1. The highest BCUT2D eigenvalue weighted by atomic mass is 16.5. The molecule has 2 heterocycles. The van der Waals surface area contributed by atoms with Gasteiger partial charge in [-0.3, -0.25) is 4.79 Å². The van der Waals surface area contributed by atoms with E-state index in [1.165, 1.54) is 0 Å².